The van der Waals surface area contributed by atoms with E-state index in [2.05, 4.69) is 5.32 Å². The molecule has 0 aliphatic rings. The third kappa shape index (κ3) is 3.59. The summed E-state index contributed by atoms with van der Waals surface area (Å²) in [5.41, 5.74) is 5.82. The fourth-order valence-electron chi connectivity index (χ4n) is 1.54. The molecule has 0 unspecified atom stereocenters. The first-order chi connectivity index (χ1) is 8.06. The van der Waals surface area contributed by atoms with E-state index in [1.807, 2.05) is 19.9 Å². The fourth-order valence-corrected chi connectivity index (χ4v) is 1.54. The second kappa shape index (κ2) is 6.03. The lowest BCUT2D eigenvalue weighted by molar-refractivity contribution is -0.120. The summed E-state index contributed by atoms with van der Waals surface area (Å²) < 4.78 is 0. The van der Waals surface area contributed by atoms with Crippen LogP contribution in [0.4, 0.5) is 0 Å². The zero-order valence-corrected chi connectivity index (χ0v) is 10.1. The van der Waals surface area contributed by atoms with Gasteiger partial charge in [0.05, 0.1) is 0 Å². The predicted molar refractivity (Wildman–Crippen MR) is 66.3 cm³/mol. The highest BCUT2D eigenvalue weighted by Crippen LogP contribution is 2.08. The van der Waals surface area contributed by atoms with Crippen molar-refractivity contribution >= 4 is 11.8 Å². The first kappa shape index (κ1) is 13.2. The molecule has 0 spiro atoms. The maximum Gasteiger partial charge on any atom is 0.251 e. The number of rotatable bonds is 5. The van der Waals surface area contributed by atoms with Gasteiger partial charge in [0, 0.05) is 5.56 Å². The van der Waals surface area contributed by atoms with Crippen LogP contribution in [0.25, 0.3) is 0 Å². The summed E-state index contributed by atoms with van der Waals surface area (Å²) in [4.78, 5) is 23.1. The summed E-state index contributed by atoms with van der Waals surface area (Å²) in [6, 6.07) is 8.16. The van der Waals surface area contributed by atoms with Gasteiger partial charge in [0.15, 0.2) is 0 Å². The molecule has 92 valence electrons. The van der Waals surface area contributed by atoms with Gasteiger partial charge in [0.2, 0.25) is 5.91 Å². The molecular weight excluding hydrogens is 216 g/mol. The Hall–Kier alpha value is -1.84. The molecule has 0 aliphatic carbocycles. The fraction of sp³-hybridized carbons (Fsp3) is 0.385. The van der Waals surface area contributed by atoms with E-state index >= 15 is 0 Å². The number of hydrogen-bond acceptors (Lipinski definition) is 2. The normalized spacial score (nSPS) is 13.8. The minimum Gasteiger partial charge on any atom is -0.368 e. The summed E-state index contributed by atoms with van der Waals surface area (Å²) in [5.74, 6) is -0.738. The number of nitrogens with one attached hydrogen (secondary N) is 1. The van der Waals surface area contributed by atoms with E-state index in [4.69, 9.17) is 5.73 Å². The number of amides is 2. The van der Waals surface area contributed by atoms with Crippen molar-refractivity contribution in [3.63, 3.8) is 0 Å². The minimum atomic E-state index is -0.618. The Morgan fingerprint density at radius 3 is 2.35 bits per heavy atom. The summed E-state index contributed by atoms with van der Waals surface area (Å²) in [6.45, 7) is 3.84. The van der Waals surface area contributed by atoms with E-state index < -0.39 is 11.9 Å². The molecule has 0 heterocycles. The van der Waals surface area contributed by atoms with E-state index in [9.17, 15) is 9.59 Å². The number of carbonyl (C=O) groups excluding carboxylic acids is 2. The molecule has 2 atom stereocenters. The molecule has 3 N–H and O–H groups in total. The zero-order chi connectivity index (χ0) is 12.8. The van der Waals surface area contributed by atoms with Crippen LogP contribution >= 0.6 is 0 Å². The Morgan fingerprint density at radius 1 is 1.29 bits per heavy atom. The third-order valence-electron chi connectivity index (χ3n) is 2.84. The Labute approximate surface area is 101 Å². The largest absolute Gasteiger partial charge is 0.368 e. The predicted octanol–water partition coefficient (Wildman–Crippen LogP) is 1.32. The van der Waals surface area contributed by atoms with Gasteiger partial charge in [-0.25, -0.2) is 0 Å². The van der Waals surface area contributed by atoms with Gasteiger partial charge in [0.1, 0.15) is 6.04 Å². The van der Waals surface area contributed by atoms with Gasteiger partial charge in [-0.3, -0.25) is 9.59 Å². The Bertz CT molecular complexity index is 390. The van der Waals surface area contributed by atoms with Crippen LogP contribution in [-0.4, -0.2) is 17.9 Å². The van der Waals surface area contributed by atoms with Crippen molar-refractivity contribution in [3.05, 3.63) is 35.9 Å². The van der Waals surface area contributed by atoms with Crippen LogP contribution in [0.3, 0.4) is 0 Å². The van der Waals surface area contributed by atoms with Gasteiger partial charge in [-0.05, 0) is 18.1 Å². The van der Waals surface area contributed by atoms with Crippen molar-refractivity contribution in [1.82, 2.24) is 5.32 Å². The molecule has 0 fully saturated rings. The van der Waals surface area contributed by atoms with E-state index in [1.165, 1.54) is 0 Å². The summed E-state index contributed by atoms with van der Waals surface area (Å²) >= 11 is 0. The van der Waals surface area contributed by atoms with E-state index in [0.717, 1.165) is 6.42 Å². The number of hydrogen-bond donors (Lipinski definition) is 2. The van der Waals surface area contributed by atoms with Crippen LogP contribution in [0, 0.1) is 5.92 Å². The first-order valence-electron chi connectivity index (χ1n) is 5.71. The van der Waals surface area contributed by atoms with Crippen molar-refractivity contribution in [2.24, 2.45) is 11.7 Å². The zero-order valence-electron chi connectivity index (χ0n) is 10.1. The minimum absolute atomic E-state index is 0.0279. The number of benzene rings is 1. The van der Waals surface area contributed by atoms with Gasteiger partial charge in [-0.2, -0.15) is 0 Å². The average Bonchev–Trinajstić information content (AvgIpc) is 2.35. The molecule has 17 heavy (non-hydrogen) atoms. The number of primary amides is 1. The first-order valence-corrected chi connectivity index (χ1v) is 5.71. The van der Waals surface area contributed by atoms with Crippen molar-refractivity contribution in [2.75, 3.05) is 0 Å². The van der Waals surface area contributed by atoms with Crippen LogP contribution in [0.15, 0.2) is 30.3 Å². The van der Waals surface area contributed by atoms with E-state index in [-0.39, 0.29) is 11.8 Å². The lowest BCUT2D eigenvalue weighted by Gasteiger charge is -2.21. The molecule has 0 radical (unpaired) electrons. The maximum absolute atomic E-state index is 11.9. The highest BCUT2D eigenvalue weighted by molar-refractivity contribution is 5.97. The topological polar surface area (TPSA) is 72.2 Å². The molecule has 2 amide bonds. The van der Waals surface area contributed by atoms with Gasteiger partial charge >= 0.3 is 0 Å². The summed E-state index contributed by atoms with van der Waals surface area (Å²) in [6.07, 6.45) is 0.780. The van der Waals surface area contributed by atoms with Crippen LogP contribution in [0.1, 0.15) is 30.6 Å². The third-order valence-corrected chi connectivity index (χ3v) is 2.84. The second-order valence-electron chi connectivity index (χ2n) is 4.11. The molecule has 0 bridgehead atoms. The molecule has 1 aromatic carbocycles. The van der Waals surface area contributed by atoms with Gasteiger partial charge in [0.25, 0.3) is 5.91 Å². The average molecular weight is 234 g/mol. The molecule has 0 saturated heterocycles. The quantitative estimate of drug-likeness (QED) is 0.806. The summed E-state index contributed by atoms with van der Waals surface area (Å²) in [5, 5.41) is 2.67. The monoisotopic (exact) mass is 234 g/mol. The highest BCUT2D eigenvalue weighted by Gasteiger charge is 2.23. The SMILES string of the molecule is CC[C@@H](C)[C@H](NC(=O)c1ccccc1)C(N)=O. The van der Waals surface area contributed by atoms with Crippen molar-refractivity contribution < 1.29 is 9.59 Å². The summed E-state index contributed by atoms with van der Waals surface area (Å²) in [7, 11) is 0. The van der Waals surface area contributed by atoms with Crippen molar-refractivity contribution in [2.45, 2.75) is 26.3 Å². The smallest absolute Gasteiger partial charge is 0.251 e. The molecule has 4 heteroatoms. The molecule has 0 aromatic heterocycles. The van der Waals surface area contributed by atoms with Gasteiger partial charge in [-0.1, -0.05) is 38.5 Å². The standard InChI is InChI=1S/C13H18N2O2/c1-3-9(2)11(12(14)16)15-13(17)10-7-5-4-6-8-10/h4-9,11H,3H2,1-2H3,(H2,14,16)(H,15,17)/t9-,11+/m1/s1. The van der Waals surface area contributed by atoms with E-state index in [1.54, 1.807) is 24.3 Å². The molecule has 1 aromatic rings. The maximum atomic E-state index is 11.9. The Kier molecular flexibility index (Phi) is 4.69. The van der Waals surface area contributed by atoms with Crippen LogP contribution < -0.4 is 11.1 Å². The molecule has 4 nitrogen and oxygen atoms in total. The highest BCUT2D eigenvalue weighted by atomic mass is 16.2. The molecule has 0 saturated carbocycles. The number of nitrogens with two attached hydrogens (primary N) is 1. The van der Waals surface area contributed by atoms with Crippen LogP contribution in [0.2, 0.25) is 0 Å². The van der Waals surface area contributed by atoms with Crippen molar-refractivity contribution in [3.8, 4) is 0 Å². The van der Waals surface area contributed by atoms with Crippen LogP contribution in [0.5, 0.6) is 0 Å². The van der Waals surface area contributed by atoms with Crippen LogP contribution in [-0.2, 0) is 4.79 Å². The lowest BCUT2D eigenvalue weighted by atomic mass is 9.98. The van der Waals surface area contributed by atoms with Gasteiger partial charge < -0.3 is 11.1 Å². The van der Waals surface area contributed by atoms with E-state index in [0.29, 0.717) is 5.56 Å². The molecular formula is C13H18N2O2. The molecule has 1 rings (SSSR count). The number of carbonyl (C=O) groups is 2. The lowest BCUT2D eigenvalue weighted by Crippen LogP contribution is -2.48. The Balaban J connectivity index is 2.75. The molecule has 0 aliphatic heterocycles. The second-order valence-corrected chi connectivity index (χ2v) is 4.11. The Morgan fingerprint density at radius 2 is 1.88 bits per heavy atom. The van der Waals surface area contributed by atoms with Crippen molar-refractivity contribution in [1.29, 1.82) is 0 Å². The van der Waals surface area contributed by atoms with Gasteiger partial charge in [-0.15, -0.1) is 0 Å².